The number of nitrogens with zero attached hydrogens (tertiary/aromatic N) is 1. The molecule has 0 saturated heterocycles. The maximum absolute atomic E-state index is 11.3. The van der Waals surface area contributed by atoms with Crippen LogP contribution in [0.3, 0.4) is 0 Å². The zero-order valence-corrected chi connectivity index (χ0v) is 7.68. The van der Waals surface area contributed by atoms with Gasteiger partial charge in [-0.3, -0.25) is 9.69 Å². The molecule has 1 aromatic rings. The van der Waals surface area contributed by atoms with Crippen molar-refractivity contribution in [2.75, 3.05) is 18.1 Å². The molecule has 3 heteroatoms. The van der Waals surface area contributed by atoms with E-state index in [0.717, 1.165) is 0 Å². The van der Waals surface area contributed by atoms with Gasteiger partial charge in [0.2, 0.25) is 0 Å². The number of benzene rings is 1. The van der Waals surface area contributed by atoms with Gasteiger partial charge in [0.05, 0.1) is 6.54 Å². The summed E-state index contributed by atoms with van der Waals surface area (Å²) in [5.41, 5.74) is 0.699. The van der Waals surface area contributed by atoms with Crippen molar-refractivity contribution in [2.45, 2.75) is 0 Å². The van der Waals surface area contributed by atoms with E-state index in [9.17, 15) is 4.79 Å². The number of para-hydroxylation sites is 1. The Morgan fingerprint density at radius 1 is 1.43 bits per heavy atom. The van der Waals surface area contributed by atoms with Gasteiger partial charge in [0.1, 0.15) is 6.61 Å². The van der Waals surface area contributed by atoms with Crippen LogP contribution in [0.15, 0.2) is 30.3 Å². The van der Waals surface area contributed by atoms with E-state index < -0.39 is 12.5 Å². The second-order valence-electron chi connectivity index (χ2n) is 2.68. The first-order valence-corrected chi connectivity index (χ1v) is 4.19. The highest BCUT2D eigenvalue weighted by molar-refractivity contribution is 5.94. The van der Waals surface area contributed by atoms with Gasteiger partial charge in [0, 0.05) is 5.69 Å². The van der Waals surface area contributed by atoms with Gasteiger partial charge >= 0.3 is 0 Å². The number of anilines is 1. The molecule has 0 heterocycles. The predicted octanol–water partition coefficient (Wildman–Crippen LogP) is 0.645. The standard InChI is InChI=1S/C11H11NO2/c1-2-8-12(11(14)9-13)10-6-4-3-5-7-10/h1,3-7,13H,8-9H2. The Balaban J connectivity index is 2.90. The van der Waals surface area contributed by atoms with Gasteiger partial charge in [-0.2, -0.15) is 0 Å². The summed E-state index contributed by atoms with van der Waals surface area (Å²) in [5.74, 6) is 1.98. The number of rotatable bonds is 3. The van der Waals surface area contributed by atoms with Crippen LogP contribution in [0.2, 0.25) is 0 Å². The minimum Gasteiger partial charge on any atom is -0.387 e. The zero-order chi connectivity index (χ0) is 10.4. The van der Waals surface area contributed by atoms with Crippen LogP contribution in [-0.2, 0) is 4.79 Å². The smallest absolute Gasteiger partial charge is 0.253 e. The van der Waals surface area contributed by atoms with Gasteiger partial charge in [-0.15, -0.1) is 6.42 Å². The number of aliphatic hydroxyl groups is 1. The lowest BCUT2D eigenvalue weighted by atomic mass is 10.3. The predicted molar refractivity (Wildman–Crippen MR) is 54.7 cm³/mol. The van der Waals surface area contributed by atoms with E-state index in [2.05, 4.69) is 5.92 Å². The number of aliphatic hydroxyl groups excluding tert-OH is 1. The highest BCUT2D eigenvalue weighted by Crippen LogP contribution is 2.12. The van der Waals surface area contributed by atoms with Gasteiger partial charge in [0.25, 0.3) is 5.91 Å². The molecule has 0 saturated carbocycles. The quantitative estimate of drug-likeness (QED) is 0.709. The molecule has 0 radical (unpaired) electrons. The molecule has 1 aromatic carbocycles. The minimum atomic E-state index is -0.531. The highest BCUT2D eigenvalue weighted by Gasteiger charge is 2.12. The Bertz CT molecular complexity index is 340. The van der Waals surface area contributed by atoms with Crippen molar-refractivity contribution in [3.8, 4) is 12.3 Å². The third-order valence-corrected chi connectivity index (χ3v) is 1.75. The van der Waals surface area contributed by atoms with E-state index in [1.54, 1.807) is 12.1 Å². The van der Waals surface area contributed by atoms with Gasteiger partial charge in [-0.05, 0) is 12.1 Å². The fourth-order valence-corrected chi connectivity index (χ4v) is 1.11. The molecule has 0 aliphatic carbocycles. The molecule has 0 fully saturated rings. The number of carbonyl (C=O) groups excluding carboxylic acids is 1. The summed E-state index contributed by atoms with van der Waals surface area (Å²) in [6.45, 7) is -0.361. The summed E-state index contributed by atoms with van der Waals surface area (Å²) < 4.78 is 0. The van der Waals surface area contributed by atoms with E-state index in [1.807, 2.05) is 18.2 Å². The van der Waals surface area contributed by atoms with Gasteiger partial charge in [0.15, 0.2) is 0 Å². The maximum atomic E-state index is 11.3. The van der Waals surface area contributed by atoms with Gasteiger partial charge in [-0.1, -0.05) is 24.1 Å². The van der Waals surface area contributed by atoms with Crippen molar-refractivity contribution in [3.63, 3.8) is 0 Å². The topological polar surface area (TPSA) is 40.5 Å². The number of terminal acetylenes is 1. The van der Waals surface area contributed by atoms with Crippen LogP contribution in [-0.4, -0.2) is 24.2 Å². The van der Waals surface area contributed by atoms with E-state index in [1.165, 1.54) is 4.90 Å². The molecule has 0 aliphatic rings. The minimum absolute atomic E-state index is 0.170. The van der Waals surface area contributed by atoms with Crippen molar-refractivity contribution in [1.82, 2.24) is 0 Å². The van der Waals surface area contributed by atoms with Crippen LogP contribution >= 0.6 is 0 Å². The second-order valence-corrected chi connectivity index (χ2v) is 2.68. The summed E-state index contributed by atoms with van der Waals surface area (Å²) >= 11 is 0. The fraction of sp³-hybridized carbons (Fsp3) is 0.182. The normalized spacial score (nSPS) is 9.14. The van der Waals surface area contributed by atoms with E-state index in [0.29, 0.717) is 5.69 Å². The molecule has 1 amide bonds. The third kappa shape index (κ3) is 2.35. The van der Waals surface area contributed by atoms with E-state index >= 15 is 0 Å². The molecule has 14 heavy (non-hydrogen) atoms. The molecular weight excluding hydrogens is 178 g/mol. The second kappa shape index (κ2) is 5.05. The van der Waals surface area contributed by atoms with Crippen molar-refractivity contribution < 1.29 is 9.90 Å². The van der Waals surface area contributed by atoms with Crippen molar-refractivity contribution in [2.24, 2.45) is 0 Å². The molecule has 0 spiro atoms. The lowest BCUT2D eigenvalue weighted by molar-refractivity contribution is -0.121. The van der Waals surface area contributed by atoms with Crippen LogP contribution < -0.4 is 4.90 Å². The average molecular weight is 189 g/mol. The maximum Gasteiger partial charge on any atom is 0.253 e. The van der Waals surface area contributed by atoms with Crippen LogP contribution in [0.5, 0.6) is 0 Å². The Labute approximate surface area is 83.0 Å². The molecule has 0 aromatic heterocycles. The lowest BCUT2D eigenvalue weighted by Gasteiger charge is -2.18. The van der Waals surface area contributed by atoms with Crippen LogP contribution in [0, 0.1) is 12.3 Å². The summed E-state index contributed by atoms with van der Waals surface area (Å²) in [4.78, 5) is 12.6. The van der Waals surface area contributed by atoms with Crippen LogP contribution in [0.1, 0.15) is 0 Å². The van der Waals surface area contributed by atoms with Crippen molar-refractivity contribution >= 4 is 11.6 Å². The largest absolute Gasteiger partial charge is 0.387 e. The summed E-state index contributed by atoms with van der Waals surface area (Å²) in [7, 11) is 0. The fourth-order valence-electron chi connectivity index (χ4n) is 1.11. The molecule has 3 nitrogen and oxygen atoms in total. The molecule has 0 unspecified atom stereocenters. The monoisotopic (exact) mass is 189 g/mol. The number of carbonyl (C=O) groups is 1. The third-order valence-electron chi connectivity index (χ3n) is 1.75. The molecule has 1 rings (SSSR count). The zero-order valence-electron chi connectivity index (χ0n) is 7.68. The summed E-state index contributed by atoms with van der Waals surface area (Å²) in [6, 6.07) is 9.00. The molecule has 72 valence electrons. The Morgan fingerprint density at radius 3 is 2.57 bits per heavy atom. The number of hydrogen-bond donors (Lipinski definition) is 1. The number of amides is 1. The first-order valence-electron chi connectivity index (χ1n) is 4.19. The molecule has 1 N–H and O–H groups in total. The van der Waals surface area contributed by atoms with Gasteiger partial charge in [-0.25, -0.2) is 0 Å². The Kier molecular flexibility index (Phi) is 3.71. The summed E-state index contributed by atoms with van der Waals surface area (Å²) in [6.07, 6.45) is 5.13. The first kappa shape index (κ1) is 10.3. The SMILES string of the molecule is C#CCN(C(=O)CO)c1ccccc1. The van der Waals surface area contributed by atoms with E-state index in [4.69, 9.17) is 11.5 Å². The molecule has 0 aliphatic heterocycles. The molecule has 0 bridgehead atoms. The van der Waals surface area contributed by atoms with Crippen molar-refractivity contribution in [1.29, 1.82) is 0 Å². The van der Waals surface area contributed by atoms with Gasteiger partial charge < -0.3 is 5.11 Å². The molecule has 0 atom stereocenters. The lowest BCUT2D eigenvalue weighted by Crippen LogP contribution is -2.33. The van der Waals surface area contributed by atoms with Crippen LogP contribution in [0.25, 0.3) is 0 Å². The van der Waals surface area contributed by atoms with E-state index in [-0.39, 0.29) is 6.54 Å². The Hall–Kier alpha value is -1.79. The Morgan fingerprint density at radius 2 is 2.07 bits per heavy atom. The number of hydrogen-bond acceptors (Lipinski definition) is 2. The molecular formula is C11H11NO2. The first-order chi connectivity index (χ1) is 6.79. The summed E-state index contributed by atoms with van der Waals surface area (Å²) in [5, 5.41) is 8.73. The van der Waals surface area contributed by atoms with Crippen LogP contribution in [0.4, 0.5) is 5.69 Å². The highest BCUT2D eigenvalue weighted by atomic mass is 16.3. The average Bonchev–Trinajstić information content (AvgIpc) is 2.26. The van der Waals surface area contributed by atoms with Crippen molar-refractivity contribution in [3.05, 3.63) is 30.3 Å².